The fourth-order valence-corrected chi connectivity index (χ4v) is 6.67. The maximum Gasteiger partial charge on any atom is 0.305 e. The van der Waals surface area contributed by atoms with E-state index < -0.39 is 0 Å². The molecule has 1 aromatic heterocycles. The van der Waals surface area contributed by atoms with Gasteiger partial charge in [0.15, 0.2) is 11.5 Å². The minimum Gasteiger partial charge on any atom is -0.493 e. The Kier molecular flexibility index (Phi) is 14.8. The molecule has 0 spiro atoms. The number of H-pyrrole nitrogens is 1. The van der Waals surface area contributed by atoms with Gasteiger partial charge in [-0.1, -0.05) is 43.2 Å². The van der Waals surface area contributed by atoms with Gasteiger partial charge in [-0.15, -0.1) is 24.8 Å². The Balaban J connectivity index is 0.00000280. The van der Waals surface area contributed by atoms with Gasteiger partial charge < -0.3 is 24.3 Å². The highest BCUT2D eigenvalue weighted by Crippen LogP contribution is 2.38. The van der Waals surface area contributed by atoms with Crippen LogP contribution < -0.4 is 14.3 Å². The monoisotopic (exact) mass is 611 g/mol. The molecular weight excluding hydrogens is 565 g/mol. The van der Waals surface area contributed by atoms with Gasteiger partial charge in [0.25, 0.3) is 0 Å². The number of ether oxygens (including phenoxy) is 2. The van der Waals surface area contributed by atoms with Crippen molar-refractivity contribution in [2.24, 2.45) is 0 Å². The molecule has 1 N–H and O–H groups in total. The fraction of sp³-hybridized carbons (Fsp3) is 0.581. The third-order valence-electron chi connectivity index (χ3n) is 7.96. The molecule has 4 rings (SSSR count). The number of aromatic nitrogens is 1. The lowest BCUT2D eigenvalue weighted by molar-refractivity contribution is 0.175. The molecule has 0 saturated heterocycles. The van der Waals surface area contributed by atoms with Crippen molar-refractivity contribution in [2.45, 2.75) is 70.8 Å². The number of hydrogen-bond donors (Lipinski definition) is 1. The van der Waals surface area contributed by atoms with E-state index in [4.69, 9.17) is 9.47 Å². The van der Waals surface area contributed by atoms with Crippen LogP contribution in [0.1, 0.15) is 62.1 Å². The van der Waals surface area contributed by atoms with E-state index in [2.05, 4.69) is 53.0 Å². The molecule has 0 radical (unpaired) electrons. The van der Waals surface area contributed by atoms with Gasteiger partial charge in [-0.2, -0.15) is 0 Å². The summed E-state index contributed by atoms with van der Waals surface area (Å²) >= 11 is 1.30. The summed E-state index contributed by atoms with van der Waals surface area (Å²) in [5.74, 6) is 1.77. The summed E-state index contributed by atoms with van der Waals surface area (Å²) in [6, 6.07) is 11.3. The lowest BCUT2D eigenvalue weighted by atomic mass is 9.86. The van der Waals surface area contributed by atoms with Crippen LogP contribution in [0.4, 0.5) is 0 Å². The van der Waals surface area contributed by atoms with Gasteiger partial charge >= 0.3 is 4.87 Å². The van der Waals surface area contributed by atoms with Gasteiger partial charge in [-0.05, 0) is 101 Å². The third kappa shape index (κ3) is 9.12. The number of fused-ring (bicyclic) bond motifs is 2. The van der Waals surface area contributed by atoms with E-state index in [-0.39, 0.29) is 29.7 Å². The van der Waals surface area contributed by atoms with E-state index in [0.29, 0.717) is 6.04 Å². The summed E-state index contributed by atoms with van der Waals surface area (Å²) in [6.07, 6.45) is 10.7. The van der Waals surface area contributed by atoms with Gasteiger partial charge in [0.1, 0.15) is 0 Å². The van der Waals surface area contributed by atoms with Crippen LogP contribution in [0.5, 0.6) is 11.5 Å². The molecular formula is C31H47Cl2N3O3S. The molecule has 1 heterocycles. The minimum absolute atomic E-state index is 0. The smallest absolute Gasteiger partial charge is 0.305 e. The molecule has 3 aromatic rings. The molecule has 6 nitrogen and oxygen atoms in total. The van der Waals surface area contributed by atoms with E-state index in [0.717, 1.165) is 54.1 Å². The number of benzene rings is 2. The first kappa shape index (κ1) is 34.4. The molecule has 0 aliphatic heterocycles. The van der Waals surface area contributed by atoms with Gasteiger partial charge in [0.2, 0.25) is 0 Å². The molecule has 1 aliphatic carbocycles. The zero-order chi connectivity index (χ0) is 26.9. The number of nitrogens with one attached hydrogen (secondary N) is 1. The first-order chi connectivity index (χ1) is 18.5. The maximum absolute atomic E-state index is 11.5. The second kappa shape index (κ2) is 17.2. The SMILES string of the molecule is CCCN(CCCCCCN(C)CCc1ccc2[nH]c(=O)sc2c1)[C@H]1CCc2c(ccc(OC)c2OC)C1.Cl.Cl. The molecule has 0 bridgehead atoms. The summed E-state index contributed by atoms with van der Waals surface area (Å²) < 4.78 is 12.3. The molecule has 1 atom stereocenters. The number of rotatable bonds is 15. The van der Waals surface area contributed by atoms with Crippen LogP contribution in [-0.4, -0.2) is 68.3 Å². The first-order valence-corrected chi connectivity index (χ1v) is 15.1. The topological polar surface area (TPSA) is 57.8 Å². The molecule has 9 heteroatoms. The van der Waals surface area contributed by atoms with Crippen LogP contribution >= 0.6 is 36.2 Å². The average Bonchev–Trinajstić information content (AvgIpc) is 3.31. The number of likely N-dealkylation sites (N-methyl/N-ethyl adjacent to an activating group) is 1. The highest BCUT2D eigenvalue weighted by atomic mass is 35.5. The fourth-order valence-electron chi connectivity index (χ4n) is 5.87. The van der Waals surface area contributed by atoms with Crippen LogP contribution in [0.3, 0.4) is 0 Å². The van der Waals surface area contributed by atoms with Gasteiger partial charge in [0, 0.05) is 18.2 Å². The van der Waals surface area contributed by atoms with Crippen LogP contribution in [0.15, 0.2) is 35.1 Å². The van der Waals surface area contributed by atoms with Crippen molar-refractivity contribution in [3.63, 3.8) is 0 Å². The summed E-state index contributed by atoms with van der Waals surface area (Å²) in [4.78, 5) is 19.6. The highest BCUT2D eigenvalue weighted by molar-refractivity contribution is 7.16. The molecule has 224 valence electrons. The van der Waals surface area contributed by atoms with Crippen LogP contribution in [0.2, 0.25) is 0 Å². The molecule has 0 saturated carbocycles. The zero-order valence-electron chi connectivity index (χ0n) is 24.5. The molecule has 1 aliphatic rings. The Hall–Kier alpha value is -1.77. The normalized spacial score (nSPS) is 14.6. The number of unbranched alkanes of at least 4 members (excludes halogenated alkanes) is 3. The first-order valence-electron chi connectivity index (χ1n) is 14.3. The zero-order valence-corrected chi connectivity index (χ0v) is 26.9. The Morgan fingerprint density at radius 3 is 2.48 bits per heavy atom. The van der Waals surface area contributed by atoms with Gasteiger partial charge in [-0.3, -0.25) is 4.79 Å². The van der Waals surface area contributed by atoms with Crippen molar-refractivity contribution in [3.8, 4) is 11.5 Å². The quantitative estimate of drug-likeness (QED) is 0.192. The van der Waals surface area contributed by atoms with E-state index in [1.54, 1.807) is 14.2 Å². The molecule has 2 aromatic carbocycles. The van der Waals surface area contributed by atoms with Crippen molar-refractivity contribution >= 4 is 46.4 Å². The third-order valence-corrected chi connectivity index (χ3v) is 8.80. The summed E-state index contributed by atoms with van der Waals surface area (Å²) in [5, 5.41) is 0. The molecule has 40 heavy (non-hydrogen) atoms. The maximum atomic E-state index is 11.5. The summed E-state index contributed by atoms with van der Waals surface area (Å²) in [5.41, 5.74) is 5.01. The van der Waals surface area contributed by atoms with Crippen molar-refractivity contribution in [1.29, 1.82) is 0 Å². The predicted molar refractivity (Wildman–Crippen MR) is 174 cm³/mol. The van der Waals surface area contributed by atoms with Crippen molar-refractivity contribution in [2.75, 3.05) is 47.4 Å². The number of aromatic amines is 1. The molecule has 0 fully saturated rings. The predicted octanol–water partition coefficient (Wildman–Crippen LogP) is 6.75. The van der Waals surface area contributed by atoms with E-state index in [1.165, 1.54) is 79.6 Å². The van der Waals surface area contributed by atoms with E-state index >= 15 is 0 Å². The second-order valence-electron chi connectivity index (χ2n) is 10.7. The van der Waals surface area contributed by atoms with Gasteiger partial charge in [-0.25, -0.2) is 0 Å². The second-order valence-corrected chi connectivity index (χ2v) is 11.7. The molecule has 0 amide bonds. The van der Waals surface area contributed by atoms with Gasteiger partial charge in [0.05, 0.1) is 24.4 Å². The van der Waals surface area contributed by atoms with Crippen molar-refractivity contribution < 1.29 is 9.47 Å². The number of methoxy groups -OCH3 is 2. The summed E-state index contributed by atoms with van der Waals surface area (Å²) in [7, 11) is 5.69. The Labute approximate surface area is 256 Å². The standard InChI is InChI=1S/C31H45N3O3S.2ClH/c1-5-17-34(25-12-13-26-24(22-25)11-15-28(36-3)30(26)37-4)19-9-7-6-8-18-33(2)20-16-23-10-14-27-29(21-23)38-31(35)32-27;;/h10-11,14-15,21,25H,5-9,12-13,16-20,22H2,1-4H3,(H,32,35);2*1H/t25-;;/m0../s1. The van der Waals surface area contributed by atoms with Crippen LogP contribution in [0.25, 0.3) is 10.2 Å². The Morgan fingerprint density at radius 2 is 1.75 bits per heavy atom. The van der Waals surface area contributed by atoms with E-state index in [9.17, 15) is 4.79 Å². The number of hydrogen-bond acceptors (Lipinski definition) is 6. The number of halogens is 2. The number of thiazole rings is 1. The lowest BCUT2D eigenvalue weighted by Gasteiger charge is -2.36. The van der Waals surface area contributed by atoms with E-state index in [1.807, 2.05) is 6.07 Å². The van der Waals surface area contributed by atoms with Crippen molar-refractivity contribution in [3.05, 3.63) is 56.7 Å². The molecule has 0 unspecified atom stereocenters. The Bertz CT molecular complexity index is 1230. The average molecular weight is 613 g/mol. The minimum atomic E-state index is 0. The largest absolute Gasteiger partial charge is 0.493 e. The van der Waals surface area contributed by atoms with Crippen LogP contribution in [0, 0.1) is 0 Å². The Morgan fingerprint density at radius 1 is 0.975 bits per heavy atom. The highest BCUT2D eigenvalue weighted by Gasteiger charge is 2.27. The van der Waals surface area contributed by atoms with Crippen LogP contribution in [-0.2, 0) is 19.3 Å². The van der Waals surface area contributed by atoms with Crippen molar-refractivity contribution in [1.82, 2.24) is 14.8 Å². The number of nitrogens with zero attached hydrogens (tertiary/aromatic N) is 2. The lowest BCUT2D eigenvalue weighted by Crippen LogP contribution is -2.40. The summed E-state index contributed by atoms with van der Waals surface area (Å²) in [6.45, 7) is 6.87.